The van der Waals surface area contributed by atoms with Gasteiger partial charge in [-0.05, 0) is 49.7 Å². The van der Waals surface area contributed by atoms with Gasteiger partial charge in [0.25, 0.3) is 5.91 Å². The van der Waals surface area contributed by atoms with E-state index in [9.17, 15) is 4.79 Å². The molecule has 0 radical (unpaired) electrons. The molecule has 0 bridgehead atoms. The average Bonchev–Trinajstić information content (AvgIpc) is 3.29. The van der Waals surface area contributed by atoms with Crippen LogP contribution in [0.15, 0.2) is 41.8 Å². The minimum atomic E-state index is -0.247. The second kappa shape index (κ2) is 10.2. The highest BCUT2D eigenvalue weighted by Gasteiger charge is 2.17. The van der Waals surface area contributed by atoms with Gasteiger partial charge in [-0.3, -0.25) is 4.79 Å². The second-order valence-corrected chi connectivity index (χ2v) is 7.50. The van der Waals surface area contributed by atoms with Crippen LogP contribution in [0, 0.1) is 0 Å². The summed E-state index contributed by atoms with van der Waals surface area (Å²) >= 11 is 1.40. The number of carbonyl (C=O) groups is 1. The molecule has 164 valence electrons. The molecule has 3 aromatic rings. The van der Waals surface area contributed by atoms with Gasteiger partial charge in [-0.25, -0.2) is 4.98 Å². The van der Waals surface area contributed by atoms with Crippen molar-refractivity contribution in [1.29, 1.82) is 0 Å². The molecule has 31 heavy (non-hydrogen) atoms. The van der Waals surface area contributed by atoms with Crippen molar-refractivity contribution in [1.82, 2.24) is 10.3 Å². The number of hydrogen-bond donors (Lipinski definition) is 1. The number of benzene rings is 2. The number of hydrogen-bond acceptors (Lipinski definition) is 7. The van der Waals surface area contributed by atoms with Crippen LogP contribution in [-0.4, -0.2) is 38.8 Å². The second-order valence-electron chi connectivity index (χ2n) is 6.65. The number of nitrogens with one attached hydrogen (secondary N) is 1. The van der Waals surface area contributed by atoms with Crippen molar-refractivity contribution in [3.8, 4) is 33.6 Å². The number of amides is 1. The standard InChI is InChI=1S/C23H26N2O5S/c1-6-30-19-10-7-15(11-21(19)29-5)14(2)24-22(26)17-13-31-23(25-17)16-8-9-18(27-3)20(12-16)28-4/h7-14H,6H2,1-5H3,(H,24,26). The zero-order valence-electron chi connectivity index (χ0n) is 18.2. The molecule has 1 N–H and O–H groups in total. The Morgan fingerprint density at radius 3 is 2.35 bits per heavy atom. The molecular formula is C23H26N2O5S. The highest BCUT2D eigenvalue weighted by Crippen LogP contribution is 2.34. The molecule has 1 unspecified atom stereocenters. The Bertz CT molecular complexity index is 1050. The van der Waals surface area contributed by atoms with E-state index in [-0.39, 0.29) is 11.9 Å². The van der Waals surface area contributed by atoms with Gasteiger partial charge in [-0.2, -0.15) is 0 Å². The van der Waals surface area contributed by atoms with Gasteiger partial charge in [0, 0.05) is 10.9 Å². The third-order valence-electron chi connectivity index (χ3n) is 4.70. The van der Waals surface area contributed by atoms with E-state index in [0.717, 1.165) is 16.1 Å². The van der Waals surface area contributed by atoms with Gasteiger partial charge in [-0.15, -0.1) is 11.3 Å². The molecule has 3 rings (SSSR count). The van der Waals surface area contributed by atoms with E-state index in [1.165, 1.54) is 11.3 Å². The summed E-state index contributed by atoms with van der Waals surface area (Å²) in [6.07, 6.45) is 0. The Morgan fingerprint density at radius 2 is 1.68 bits per heavy atom. The topological polar surface area (TPSA) is 78.9 Å². The number of methoxy groups -OCH3 is 3. The van der Waals surface area contributed by atoms with Gasteiger partial charge in [0.1, 0.15) is 10.7 Å². The fourth-order valence-electron chi connectivity index (χ4n) is 3.06. The van der Waals surface area contributed by atoms with Crippen molar-refractivity contribution in [2.75, 3.05) is 27.9 Å². The van der Waals surface area contributed by atoms with Crippen molar-refractivity contribution >= 4 is 17.2 Å². The predicted octanol–water partition coefficient (Wildman–Crippen LogP) is 4.73. The van der Waals surface area contributed by atoms with E-state index in [2.05, 4.69) is 10.3 Å². The SMILES string of the molecule is CCOc1ccc(C(C)NC(=O)c2csc(-c3ccc(OC)c(OC)c3)n2)cc1OC. The van der Waals surface area contributed by atoms with Crippen LogP contribution in [0.4, 0.5) is 0 Å². The lowest BCUT2D eigenvalue weighted by Crippen LogP contribution is -2.26. The van der Waals surface area contributed by atoms with Crippen molar-refractivity contribution in [2.45, 2.75) is 19.9 Å². The van der Waals surface area contributed by atoms with Crippen LogP contribution in [-0.2, 0) is 0 Å². The zero-order valence-corrected chi connectivity index (χ0v) is 19.0. The van der Waals surface area contributed by atoms with Crippen LogP contribution >= 0.6 is 11.3 Å². The molecule has 7 nitrogen and oxygen atoms in total. The van der Waals surface area contributed by atoms with Gasteiger partial charge in [0.05, 0.1) is 34.0 Å². The van der Waals surface area contributed by atoms with E-state index in [0.29, 0.717) is 35.3 Å². The first-order valence-electron chi connectivity index (χ1n) is 9.80. The fourth-order valence-corrected chi connectivity index (χ4v) is 3.86. The maximum atomic E-state index is 12.8. The third-order valence-corrected chi connectivity index (χ3v) is 5.59. The predicted molar refractivity (Wildman–Crippen MR) is 121 cm³/mol. The molecule has 1 amide bonds. The summed E-state index contributed by atoms with van der Waals surface area (Å²) in [6.45, 7) is 4.38. The largest absolute Gasteiger partial charge is 0.493 e. The Balaban J connectivity index is 1.74. The van der Waals surface area contributed by atoms with E-state index >= 15 is 0 Å². The van der Waals surface area contributed by atoms with Crippen LogP contribution in [0.5, 0.6) is 23.0 Å². The Labute approximate surface area is 185 Å². The molecule has 1 atom stereocenters. The number of aromatic nitrogens is 1. The first-order chi connectivity index (χ1) is 15.0. The number of nitrogens with zero attached hydrogens (tertiary/aromatic N) is 1. The molecule has 0 fully saturated rings. The van der Waals surface area contributed by atoms with Crippen LogP contribution < -0.4 is 24.3 Å². The van der Waals surface area contributed by atoms with Crippen molar-refractivity contribution < 1.29 is 23.7 Å². The van der Waals surface area contributed by atoms with Gasteiger partial charge in [-0.1, -0.05) is 6.07 Å². The van der Waals surface area contributed by atoms with Gasteiger partial charge in [0.15, 0.2) is 23.0 Å². The average molecular weight is 443 g/mol. The Hall–Kier alpha value is -3.26. The summed E-state index contributed by atoms with van der Waals surface area (Å²) in [5, 5.41) is 5.45. The number of rotatable bonds is 9. The molecule has 1 heterocycles. The molecule has 0 saturated carbocycles. The highest BCUT2D eigenvalue weighted by atomic mass is 32.1. The molecule has 8 heteroatoms. The maximum absolute atomic E-state index is 12.8. The smallest absolute Gasteiger partial charge is 0.271 e. The van der Waals surface area contributed by atoms with E-state index < -0.39 is 0 Å². The normalized spacial score (nSPS) is 11.5. The zero-order chi connectivity index (χ0) is 22.4. The van der Waals surface area contributed by atoms with Crippen LogP contribution in [0.3, 0.4) is 0 Å². The lowest BCUT2D eigenvalue weighted by molar-refractivity contribution is 0.0935. The summed E-state index contributed by atoms with van der Waals surface area (Å²) in [7, 11) is 4.76. The molecule has 0 spiro atoms. The van der Waals surface area contributed by atoms with Gasteiger partial charge in [0.2, 0.25) is 0 Å². The van der Waals surface area contributed by atoms with Crippen molar-refractivity contribution in [2.24, 2.45) is 0 Å². The maximum Gasteiger partial charge on any atom is 0.271 e. The van der Waals surface area contributed by atoms with Crippen molar-refractivity contribution in [3.63, 3.8) is 0 Å². The number of thiazole rings is 1. The monoisotopic (exact) mass is 442 g/mol. The summed E-state index contributed by atoms with van der Waals surface area (Å²) in [5.41, 5.74) is 2.12. The fraction of sp³-hybridized carbons (Fsp3) is 0.304. The summed E-state index contributed by atoms with van der Waals surface area (Å²) in [6, 6.07) is 10.9. The first kappa shape index (κ1) is 22.4. The molecular weight excluding hydrogens is 416 g/mol. The number of carbonyl (C=O) groups excluding carboxylic acids is 1. The van der Waals surface area contributed by atoms with Crippen molar-refractivity contribution in [3.05, 3.63) is 53.0 Å². The van der Waals surface area contributed by atoms with Crippen LogP contribution in [0.2, 0.25) is 0 Å². The Morgan fingerprint density at radius 1 is 1.00 bits per heavy atom. The lowest BCUT2D eigenvalue weighted by Gasteiger charge is -2.16. The Kier molecular flexibility index (Phi) is 7.36. The van der Waals surface area contributed by atoms with Crippen LogP contribution in [0.25, 0.3) is 10.6 Å². The van der Waals surface area contributed by atoms with E-state index in [4.69, 9.17) is 18.9 Å². The minimum absolute atomic E-state index is 0.233. The number of ether oxygens (including phenoxy) is 4. The van der Waals surface area contributed by atoms with Crippen LogP contribution in [0.1, 0.15) is 35.9 Å². The molecule has 0 saturated heterocycles. The van der Waals surface area contributed by atoms with E-state index in [1.807, 2.05) is 50.2 Å². The molecule has 2 aromatic carbocycles. The first-order valence-corrected chi connectivity index (χ1v) is 10.7. The minimum Gasteiger partial charge on any atom is -0.493 e. The highest BCUT2D eigenvalue weighted by molar-refractivity contribution is 7.13. The summed E-state index contributed by atoms with van der Waals surface area (Å²) in [4.78, 5) is 17.2. The summed E-state index contributed by atoms with van der Waals surface area (Å²) in [5.74, 6) is 2.30. The quantitative estimate of drug-likeness (QED) is 0.516. The van der Waals surface area contributed by atoms with Gasteiger partial charge >= 0.3 is 0 Å². The van der Waals surface area contributed by atoms with Gasteiger partial charge < -0.3 is 24.3 Å². The molecule has 0 aliphatic rings. The summed E-state index contributed by atoms with van der Waals surface area (Å²) < 4.78 is 21.6. The lowest BCUT2D eigenvalue weighted by atomic mass is 10.1. The van der Waals surface area contributed by atoms with E-state index in [1.54, 1.807) is 26.7 Å². The molecule has 1 aromatic heterocycles. The third kappa shape index (κ3) is 5.08. The molecule has 0 aliphatic heterocycles. The molecule has 0 aliphatic carbocycles.